The molecular formula is C21H26N2O2. The number of unbranched alkanes of at least 4 members (excludes halogenated alkanes) is 2. The van der Waals surface area contributed by atoms with Gasteiger partial charge in [0, 0.05) is 5.56 Å². The minimum atomic E-state index is 0.715. The summed E-state index contributed by atoms with van der Waals surface area (Å²) in [5.74, 6) is 2.36. The molecule has 1 N–H and O–H groups in total. The highest BCUT2D eigenvalue weighted by molar-refractivity contribution is 5.81. The molecule has 0 fully saturated rings. The van der Waals surface area contributed by atoms with Gasteiger partial charge in [0.25, 0.3) is 0 Å². The monoisotopic (exact) mass is 338 g/mol. The molecule has 0 radical (unpaired) electrons. The summed E-state index contributed by atoms with van der Waals surface area (Å²) in [6.07, 6.45) is 3.42. The van der Waals surface area contributed by atoms with Crippen molar-refractivity contribution in [1.29, 1.82) is 0 Å². The molecule has 0 atom stereocenters. The minimum Gasteiger partial charge on any atom is -0.493 e. The Balaban J connectivity index is 1.87. The van der Waals surface area contributed by atoms with Crippen LogP contribution in [0.5, 0.6) is 11.5 Å². The maximum absolute atomic E-state index is 5.86. The highest BCUT2D eigenvalue weighted by atomic mass is 16.5. The van der Waals surface area contributed by atoms with Gasteiger partial charge in [0.15, 0.2) is 11.5 Å². The van der Waals surface area contributed by atoms with E-state index in [0.29, 0.717) is 6.61 Å². The number of hydrogen-bond acceptors (Lipinski definition) is 3. The van der Waals surface area contributed by atoms with Crippen LogP contribution >= 0.6 is 0 Å². The number of imidazole rings is 1. The number of ether oxygens (including phenoxy) is 2. The first kappa shape index (κ1) is 17.3. The van der Waals surface area contributed by atoms with Crippen LogP contribution in [-0.2, 0) is 0 Å². The molecular weight excluding hydrogens is 312 g/mol. The number of rotatable bonds is 7. The number of aryl methyl sites for hydroxylation is 2. The van der Waals surface area contributed by atoms with Crippen molar-refractivity contribution in [3.05, 3.63) is 41.5 Å². The maximum atomic E-state index is 5.86. The van der Waals surface area contributed by atoms with Crippen LogP contribution in [0.4, 0.5) is 0 Å². The van der Waals surface area contributed by atoms with Gasteiger partial charge in [-0.2, -0.15) is 0 Å². The molecule has 132 valence electrons. The Bertz CT molecular complexity index is 829. The molecule has 0 aliphatic heterocycles. The molecule has 0 aliphatic rings. The van der Waals surface area contributed by atoms with Crippen LogP contribution in [0.3, 0.4) is 0 Å². The molecule has 3 rings (SSSR count). The summed E-state index contributed by atoms with van der Waals surface area (Å²) in [5.41, 5.74) is 5.54. The van der Waals surface area contributed by atoms with Gasteiger partial charge in [0.05, 0.1) is 24.8 Å². The Hall–Kier alpha value is -2.49. The summed E-state index contributed by atoms with van der Waals surface area (Å²) in [4.78, 5) is 8.13. The molecule has 0 unspecified atom stereocenters. The molecule has 0 spiro atoms. The number of methoxy groups -OCH3 is 1. The van der Waals surface area contributed by atoms with Gasteiger partial charge in [-0.25, -0.2) is 4.98 Å². The molecule has 0 bridgehead atoms. The van der Waals surface area contributed by atoms with Gasteiger partial charge >= 0.3 is 0 Å². The fourth-order valence-electron chi connectivity index (χ4n) is 2.87. The van der Waals surface area contributed by atoms with Gasteiger partial charge < -0.3 is 14.5 Å². The lowest BCUT2D eigenvalue weighted by Crippen LogP contribution is -1.99. The number of aromatic amines is 1. The van der Waals surface area contributed by atoms with Gasteiger partial charge in [-0.15, -0.1) is 0 Å². The average molecular weight is 338 g/mol. The number of aromatic nitrogens is 2. The summed E-state index contributed by atoms with van der Waals surface area (Å²) in [5, 5.41) is 0. The number of fused-ring (bicyclic) bond motifs is 1. The third kappa shape index (κ3) is 3.78. The minimum absolute atomic E-state index is 0.715. The second kappa shape index (κ2) is 7.60. The van der Waals surface area contributed by atoms with E-state index in [2.05, 4.69) is 37.9 Å². The van der Waals surface area contributed by atoms with Crippen molar-refractivity contribution in [2.45, 2.75) is 40.0 Å². The molecule has 4 nitrogen and oxygen atoms in total. The summed E-state index contributed by atoms with van der Waals surface area (Å²) in [7, 11) is 1.67. The zero-order valence-corrected chi connectivity index (χ0v) is 15.5. The second-order valence-corrected chi connectivity index (χ2v) is 6.46. The lowest BCUT2D eigenvalue weighted by molar-refractivity contribution is 0.286. The molecule has 0 aliphatic carbocycles. The van der Waals surface area contributed by atoms with Crippen LogP contribution < -0.4 is 9.47 Å². The van der Waals surface area contributed by atoms with Crippen LogP contribution in [0, 0.1) is 13.8 Å². The molecule has 0 saturated heterocycles. The lowest BCUT2D eigenvalue weighted by atomic mass is 10.1. The van der Waals surface area contributed by atoms with E-state index in [-0.39, 0.29) is 0 Å². The van der Waals surface area contributed by atoms with Crippen molar-refractivity contribution in [2.75, 3.05) is 13.7 Å². The van der Waals surface area contributed by atoms with Crippen molar-refractivity contribution < 1.29 is 9.47 Å². The van der Waals surface area contributed by atoms with Gasteiger partial charge in [0.1, 0.15) is 5.82 Å². The third-order valence-electron chi connectivity index (χ3n) is 4.54. The van der Waals surface area contributed by atoms with Crippen LogP contribution in [-0.4, -0.2) is 23.7 Å². The van der Waals surface area contributed by atoms with E-state index in [0.717, 1.165) is 40.3 Å². The van der Waals surface area contributed by atoms with E-state index in [1.165, 1.54) is 24.0 Å². The topological polar surface area (TPSA) is 47.1 Å². The zero-order chi connectivity index (χ0) is 17.8. The third-order valence-corrected chi connectivity index (χ3v) is 4.54. The molecule has 25 heavy (non-hydrogen) atoms. The Morgan fingerprint density at radius 2 is 1.80 bits per heavy atom. The number of H-pyrrole nitrogens is 1. The average Bonchev–Trinajstić information content (AvgIpc) is 3.02. The Morgan fingerprint density at radius 3 is 2.56 bits per heavy atom. The van der Waals surface area contributed by atoms with E-state index in [4.69, 9.17) is 14.5 Å². The van der Waals surface area contributed by atoms with Crippen molar-refractivity contribution >= 4 is 11.0 Å². The smallest absolute Gasteiger partial charge is 0.161 e. The van der Waals surface area contributed by atoms with E-state index < -0.39 is 0 Å². The standard InChI is InChI=1S/C21H26N2O2/c1-5-6-7-10-25-19-9-8-16(13-20(19)24-4)21-22-17-11-14(2)15(3)12-18(17)23-21/h8-9,11-13H,5-7,10H2,1-4H3,(H,22,23). The summed E-state index contributed by atoms with van der Waals surface area (Å²) in [6, 6.07) is 10.2. The largest absolute Gasteiger partial charge is 0.493 e. The first-order chi connectivity index (χ1) is 12.1. The number of nitrogens with zero attached hydrogens (tertiary/aromatic N) is 1. The van der Waals surface area contributed by atoms with E-state index in [1.54, 1.807) is 7.11 Å². The Kier molecular flexibility index (Phi) is 5.27. The Morgan fingerprint density at radius 1 is 1.00 bits per heavy atom. The number of benzene rings is 2. The lowest BCUT2D eigenvalue weighted by Gasteiger charge is -2.11. The van der Waals surface area contributed by atoms with E-state index >= 15 is 0 Å². The molecule has 4 heteroatoms. The highest BCUT2D eigenvalue weighted by Crippen LogP contribution is 2.32. The summed E-state index contributed by atoms with van der Waals surface area (Å²) >= 11 is 0. The highest BCUT2D eigenvalue weighted by Gasteiger charge is 2.11. The van der Waals surface area contributed by atoms with E-state index in [1.807, 2.05) is 18.2 Å². The number of nitrogens with one attached hydrogen (secondary N) is 1. The summed E-state index contributed by atoms with van der Waals surface area (Å²) < 4.78 is 11.4. The van der Waals surface area contributed by atoms with Crippen molar-refractivity contribution in [3.63, 3.8) is 0 Å². The zero-order valence-electron chi connectivity index (χ0n) is 15.5. The van der Waals surface area contributed by atoms with Crippen LogP contribution in [0.2, 0.25) is 0 Å². The SMILES string of the molecule is CCCCCOc1ccc(-c2nc3cc(C)c(C)cc3[nH]2)cc1OC. The van der Waals surface area contributed by atoms with E-state index in [9.17, 15) is 0 Å². The normalized spacial score (nSPS) is 11.0. The van der Waals surface area contributed by atoms with Crippen molar-refractivity contribution in [1.82, 2.24) is 9.97 Å². The predicted octanol–water partition coefficient (Wildman–Crippen LogP) is 5.42. The van der Waals surface area contributed by atoms with Gasteiger partial charge in [0.2, 0.25) is 0 Å². The van der Waals surface area contributed by atoms with Crippen LogP contribution in [0.1, 0.15) is 37.3 Å². The summed E-state index contributed by atoms with van der Waals surface area (Å²) in [6.45, 7) is 7.12. The molecule has 0 saturated carbocycles. The molecule has 3 aromatic rings. The quantitative estimate of drug-likeness (QED) is 0.585. The second-order valence-electron chi connectivity index (χ2n) is 6.46. The van der Waals surface area contributed by atoms with Gasteiger partial charge in [-0.3, -0.25) is 0 Å². The first-order valence-electron chi connectivity index (χ1n) is 8.90. The number of hydrogen-bond donors (Lipinski definition) is 1. The van der Waals surface area contributed by atoms with Crippen LogP contribution in [0.25, 0.3) is 22.4 Å². The first-order valence-corrected chi connectivity index (χ1v) is 8.90. The fourth-order valence-corrected chi connectivity index (χ4v) is 2.87. The Labute approximate surface area is 149 Å². The van der Waals surface area contributed by atoms with Crippen molar-refractivity contribution in [2.24, 2.45) is 0 Å². The van der Waals surface area contributed by atoms with Gasteiger partial charge in [-0.05, 0) is 61.7 Å². The van der Waals surface area contributed by atoms with Crippen molar-refractivity contribution in [3.8, 4) is 22.9 Å². The molecule has 1 heterocycles. The maximum Gasteiger partial charge on any atom is 0.161 e. The fraction of sp³-hybridized carbons (Fsp3) is 0.381. The molecule has 0 amide bonds. The molecule has 1 aromatic heterocycles. The van der Waals surface area contributed by atoms with Crippen LogP contribution in [0.15, 0.2) is 30.3 Å². The molecule has 2 aromatic carbocycles. The van der Waals surface area contributed by atoms with Gasteiger partial charge in [-0.1, -0.05) is 19.8 Å². The predicted molar refractivity (Wildman–Crippen MR) is 103 cm³/mol.